The third-order valence-corrected chi connectivity index (χ3v) is 6.88. The Hall–Kier alpha value is -3.25. The van der Waals surface area contributed by atoms with Crippen LogP contribution in [-0.4, -0.2) is 15.5 Å². The van der Waals surface area contributed by atoms with Crippen LogP contribution in [0.4, 0.5) is 5.69 Å². The maximum absolute atomic E-state index is 13.5. The van der Waals surface area contributed by atoms with Gasteiger partial charge in [-0.15, -0.1) is 11.3 Å². The van der Waals surface area contributed by atoms with Gasteiger partial charge in [-0.25, -0.2) is 4.98 Å². The highest BCUT2D eigenvalue weighted by Crippen LogP contribution is 2.32. The fraction of sp³-hybridized carbons (Fsp3) is 0.269. The van der Waals surface area contributed by atoms with Crippen LogP contribution in [0.15, 0.2) is 59.0 Å². The van der Waals surface area contributed by atoms with Crippen molar-refractivity contribution < 1.29 is 4.79 Å². The van der Waals surface area contributed by atoms with Crippen LogP contribution in [0.3, 0.4) is 0 Å². The molecule has 0 aliphatic heterocycles. The normalized spacial score (nSPS) is 12.1. The first kappa shape index (κ1) is 22.0. The van der Waals surface area contributed by atoms with Crippen LogP contribution in [-0.2, 0) is 11.2 Å². The van der Waals surface area contributed by atoms with Crippen molar-refractivity contribution in [3.8, 4) is 11.1 Å². The van der Waals surface area contributed by atoms with Gasteiger partial charge in [-0.1, -0.05) is 44.2 Å². The molecule has 1 atom stereocenters. The molecule has 0 radical (unpaired) electrons. The highest BCUT2D eigenvalue weighted by atomic mass is 32.1. The SMILES string of the molecule is CCc1ccc(NC(=O)C(CC)n2cnc3scc(-c4ccc(C)c(C)c4)c3c2=O)cc1. The van der Waals surface area contributed by atoms with Crippen molar-refractivity contribution >= 4 is 33.1 Å². The number of nitrogens with one attached hydrogen (secondary N) is 1. The predicted molar refractivity (Wildman–Crippen MR) is 133 cm³/mol. The summed E-state index contributed by atoms with van der Waals surface area (Å²) < 4.78 is 1.47. The molecule has 0 saturated carbocycles. The second-order valence-corrected chi connectivity index (χ2v) is 8.91. The van der Waals surface area contributed by atoms with Crippen LogP contribution in [0.2, 0.25) is 0 Å². The van der Waals surface area contributed by atoms with Gasteiger partial charge in [0.05, 0.1) is 11.7 Å². The van der Waals surface area contributed by atoms with Crippen molar-refractivity contribution in [2.24, 2.45) is 0 Å². The topological polar surface area (TPSA) is 64.0 Å². The summed E-state index contributed by atoms with van der Waals surface area (Å²) in [6, 6.07) is 13.3. The number of aryl methyl sites for hydroxylation is 3. The Labute approximate surface area is 191 Å². The van der Waals surface area contributed by atoms with E-state index in [2.05, 4.69) is 43.2 Å². The maximum atomic E-state index is 13.5. The van der Waals surface area contributed by atoms with Crippen LogP contribution < -0.4 is 10.9 Å². The molecule has 4 rings (SSSR count). The minimum atomic E-state index is -0.641. The van der Waals surface area contributed by atoms with E-state index in [9.17, 15) is 9.59 Å². The number of amides is 1. The van der Waals surface area contributed by atoms with E-state index >= 15 is 0 Å². The number of aromatic nitrogens is 2. The lowest BCUT2D eigenvalue weighted by Crippen LogP contribution is -2.33. The van der Waals surface area contributed by atoms with Gasteiger partial charge in [-0.3, -0.25) is 14.2 Å². The molecular weight excluding hydrogens is 418 g/mol. The third-order valence-electron chi connectivity index (χ3n) is 5.99. The lowest BCUT2D eigenvalue weighted by Gasteiger charge is -2.18. The second kappa shape index (κ2) is 9.09. The van der Waals surface area contributed by atoms with Crippen LogP contribution >= 0.6 is 11.3 Å². The summed E-state index contributed by atoms with van der Waals surface area (Å²) in [4.78, 5) is 31.8. The van der Waals surface area contributed by atoms with Crippen LogP contribution in [0.25, 0.3) is 21.3 Å². The molecule has 0 aliphatic carbocycles. The smallest absolute Gasteiger partial charge is 0.263 e. The van der Waals surface area contributed by atoms with Gasteiger partial charge in [-0.2, -0.15) is 0 Å². The molecule has 2 heterocycles. The van der Waals surface area contributed by atoms with E-state index in [1.54, 1.807) is 0 Å². The zero-order chi connectivity index (χ0) is 22.8. The van der Waals surface area contributed by atoms with Gasteiger partial charge >= 0.3 is 0 Å². The lowest BCUT2D eigenvalue weighted by atomic mass is 10.0. The molecule has 2 aromatic heterocycles. The van der Waals surface area contributed by atoms with E-state index in [-0.39, 0.29) is 11.5 Å². The number of fused-ring (bicyclic) bond motifs is 1. The molecule has 4 aromatic rings. The number of benzene rings is 2. The molecule has 1 amide bonds. The largest absolute Gasteiger partial charge is 0.324 e. The van der Waals surface area contributed by atoms with E-state index in [0.29, 0.717) is 16.6 Å². The molecule has 2 aromatic carbocycles. The highest BCUT2D eigenvalue weighted by Gasteiger charge is 2.23. The second-order valence-electron chi connectivity index (χ2n) is 8.05. The fourth-order valence-electron chi connectivity index (χ4n) is 3.85. The summed E-state index contributed by atoms with van der Waals surface area (Å²) >= 11 is 1.45. The molecule has 0 fully saturated rings. The molecule has 6 heteroatoms. The predicted octanol–water partition coefficient (Wildman–Crippen LogP) is 5.89. The van der Waals surface area contributed by atoms with Crippen LogP contribution in [0.5, 0.6) is 0 Å². The molecule has 0 spiro atoms. The van der Waals surface area contributed by atoms with E-state index in [1.807, 2.05) is 42.6 Å². The molecular formula is C26H27N3O2S. The standard InChI is InChI=1S/C26H27N3O2S/c1-5-18-8-11-20(12-9-18)28-24(30)22(6-2)29-15-27-25-23(26(29)31)21(14-32-25)19-10-7-16(3)17(4)13-19/h7-15,22H,5-6H2,1-4H3,(H,28,30). The van der Waals surface area contributed by atoms with Crippen molar-refractivity contribution in [1.82, 2.24) is 9.55 Å². The molecule has 0 aliphatic rings. The molecule has 164 valence electrons. The summed E-state index contributed by atoms with van der Waals surface area (Å²) in [6.45, 7) is 8.12. The van der Waals surface area contributed by atoms with Crippen LogP contribution in [0, 0.1) is 13.8 Å². The number of nitrogens with zero attached hydrogens (tertiary/aromatic N) is 2. The van der Waals surface area contributed by atoms with Crippen molar-refractivity contribution in [3.05, 3.63) is 81.2 Å². The Kier molecular flexibility index (Phi) is 6.24. The van der Waals surface area contributed by atoms with Crippen molar-refractivity contribution in [2.75, 3.05) is 5.32 Å². The number of anilines is 1. The molecule has 1 unspecified atom stereocenters. The van der Waals surface area contributed by atoms with Crippen molar-refractivity contribution in [3.63, 3.8) is 0 Å². The van der Waals surface area contributed by atoms with Gasteiger partial charge in [0, 0.05) is 16.6 Å². The number of hydrogen-bond donors (Lipinski definition) is 1. The summed E-state index contributed by atoms with van der Waals surface area (Å²) in [7, 11) is 0. The number of carbonyl (C=O) groups excluding carboxylic acids is 1. The zero-order valence-corrected chi connectivity index (χ0v) is 19.6. The van der Waals surface area contributed by atoms with Gasteiger partial charge in [0.25, 0.3) is 5.56 Å². The fourth-order valence-corrected chi connectivity index (χ4v) is 4.75. The maximum Gasteiger partial charge on any atom is 0.263 e. The first-order chi connectivity index (χ1) is 15.4. The van der Waals surface area contributed by atoms with Gasteiger partial charge in [0.2, 0.25) is 5.91 Å². The average molecular weight is 446 g/mol. The summed E-state index contributed by atoms with van der Waals surface area (Å²) in [5.41, 5.74) is 5.98. The monoisotopic (exact) mass is 445 g/mol. The van der Waals surface area contributed by atoms with Gasteiger partial charge in [-0.05, 0) is 61.1 Å². The van der Waals surface area contributed by atoms with E-state index < -0.39 is 6.04 Å². The Morgan fingerprint density at radius 1 is 1.09 bits per heavy atom. The van der Waals surface area contributed by atoms with Gasteiger partial charge in [0.15, 0.2) is 0 Å². The molecule has 1 N–H and O–H groups in total. The Bertz CT molecular complexity index is 1340. The first-order valence-electron chi connectivity index (χ1n) is 10.9. The molecule has 5 nitrogen and oxygen atoms in total. The van der Waals surface area contributed by atoms with E-state index in [4.69, 9.17) is 0 Å². The number of thiophene rings is 1. The molecule has 32 heavy (non-hydrogen) atoms. The first-order valence-corrected chi connectivity index (χ1v) is 11.8. The quantitative estimate of drug-likeness (QED) is 0.402. The average Bonchev–Trinajstić information content (AvgIpc) is 3.23. The Balaban J connectivity index is 1.72. The minimum Gasteiger partial charge on any atom is -0.324 e. The molecule has 0 bridgehead atoms. The Morgan fingerprint density at radius 3 is 2.50 bits per heavy atom. The summed E-state index contributed by atoms with van der Waals surface area (Å²) in [5, 5.41) is 5.49. The number of rotatable bonds is 6. The van der Waals surface area contributed by atoms with Crippen molar-refractivity contribution in [2.45, 2.75) is 46.6 Å². The van der Waals surface area contributed by atoms with E-state index in [0.717, 1.165) is 23.2 Å². The lowest BCUT2D eigenvalue weighted by molar-refractivity contribution is -0.119. The summed E-state index contributed by atoms with van der Waals surface area (Å²) in [5.74, 6) is -0.219. The van der Waals surface area contributed by atoms with E-state index in [1.165, 1.54) is 38.9 Å². The molecule has 0 saturated heterocycles. The minimum absolute atomic E-state index is 0.187. The van der Waals surface area contributed by atoms with Crippen molar-refractivity contribution in [1.29, 1.82) is 0 Å². The van der Waals surface area contributed by atoms with Gasteiger partial charge in [0.1, 0.15) is 10.9 Å². The summed E-state index contributed by atoms with van der Waals surface area (Å²) in [6.07, 6.45) is 2.92. The third kappa shape index (κ3) is 4.10. The van der Waals surface area contributed by atoms with Gasteiger partial charge < -0.3 is 5.32 Å². The Morgan fingerprint density at radius 2 is 1.84 bits per heavy atom. The zero-order valence-electron chi connectivity index (χ0n) is 18.8. The highest BCUT2D eigenvalue weighted by molar-refractivity contribution is 7.17. The number of hydrogen-bond acceptors (Lipinski definition) is 4. The number of carbonyl (C=O) groups is 1. The van der Waals surface area contributed by atoms with Crippen LogP contribution in [0.1, 0.15) is 43.0 Å².